The topological polar surface area (TPSA) is 49.4 Å². The molecule has 5 heteroatoms. The number of hydrogen-bond donors (Lipinski definition) is 1. The van der Waals surface area contributed by atoms with Gasteiger partial charge in [0.2, 0.25) is 11.8 Å². The molecule has 1 fully saturated rings. The third-order valence-corrected chi connectivity index (χ3v) is 4.21. The molecule has 1 unspecified atom stereocenters. The van der Waals surface area contributed by atoms with Crippen LogP contribution in [0.1, 0.15) is 38.2 Å². The Kier molecular flexibility index (Phi) is 6.56. The number of rotatable bonds is 6. The van der Waals surface area contributed by atoms with Crippen LogP contribution in [0.5, 0.6) is 0 Å². The SMILES string of the molecule is CCCC(=O)NCC1CCCN(C(=O)Cc2ccc(F)cc2)C1. The van der Waals surface area contributed by atoms with E-state index in [1.165, 1.54) is 12.1 Å². The first-order valence-electron chi connectivity index (χ1n) is 8.37. The van der Waals surface area contributed by atoms with Gasteiger partial charge in [0.05, 0.1) is 6.42 Å². The molecule has 0 saturated carbocycles. The van der Waals surface area contributed by atoms with Crippen molar-refractivity contribution in [3.63, 3.8) is 0 Å². The zero-order valence-electron chi connectivity index (χ0n) is 13.7. The fourth-order valence-electron chi connectivity index (χ4n) is 2.92. The number of halogens is 1. The molecule has 0 aliphatic carbocycles. The van der Waals surface area contributed by atoms with Crippen LogP contribution in [-0.4, -0.2) is 36.3 Å². The highest BCUT2D eigenvalue weighted by Crippen LogP contribution is 2.17. The second kappa shape index (κ2) is 8.65. The molecule has 1 aliphatic heterocycles. The lowest BCUT2D eigenvalue weighted by molar-refractivity contribution is -0.132. The molecule has 1 atom stereocenters. The number of nitrogens with zero attached hydrogens (tertiary/aromatic N) is 1. The quantitative estimate of drug-likeness (QED) is 0.875. The summed E-state index contributed by atoms with van der Waals surface area (Å²) in [5.41, 5.74) is 0.828. The zero-order chi connectivity index (χ0) is 16.7. The first-order chi connectivity index (χ1) is 11.1. The first kappa shape index (κ1) is 17.4. The summed E-state index contributed by atoms with van der Waals surface area (Å²) in [4.78, 5) is 25.8. The van der Waals surface area contributed by atoms with Gasteiger partial charge in [-0.2, -0.15) is 0 Å². The van der Waals surface area contributed by atoms with E-state index in [0.29, 0.717) is 31.8 Å². The van der Waals surface area contributed by atoms with E-state index in [-0.39, 0.29) is 17.6 Å². The van der Waals surface area contributed by atoms with Gasteiger partial charge in [-0.15, -0.1) is 0 Å². The fraction of sp³-hybridized carbons (Fsp3) is 0.556. The number of carbonyl (C=O) groups is 2. The molecule has 4 nitrogen and oxygen atoms in total. The van der Waals surface area contributed by atoms with Crippen LogP contribution in [0.2, 0.25) is 0 Å². The molecule has 23 heavy (non-hydrogen) atoms. The number of amides is 2. The highest BCUT2D eigenvalue weighted by Gasteiger charge is 2.23. The minimum absolute atomic E-state index is 0.0705. The van der Waals surface area contributed by atoms with E-state index in [9.17, 15) is 14.0 Å². The van der Waals surface area contributed by atoms with Gasteiger partial charge < -0.3 is 10.2 Å². The minimum Gasteiger partial charge on any atom is -0.356 e. The van der Waals surface area contributed by atoms with Gasteiger partial charge in [-0.05, 0) is 42.9 Å². The van der Waals surface area contributed by atoms with Crippen molar-refractivity contribution in [2.45, 2.75) is 39.0 Å². The molecule has 1 saturated heterocycles. The van der Waals surface area contributed by atoms with Crippen LogP contribution in [0.4, 0.5) is 4.39 Å². The predicted molar refractivity (Wildman–Crippen MR) is 87.3 cm³/mol. The third-order valence-electron chi connectivity index (χ3n) is 4.21. The van der Waals surface area contributed by atoms with E-state index in [2.05, 4.69) is 5.32 Å². The van der Waals surface area contributed by atoms with Crippen LogP contribution in [0, 0.1) is 11.7 Å². The third kappa shape index (κ3) is 5.66. The van der Waals surface area contributed by atoms with Crippen LogP contribution in [0.15, 0.2) is 24.3 Å². The lowest BCUT2D eigenvalue weighted by Gasteiger charge is -2.33. The van der Waals surface area contributed by atoms with Crippen LogP contribution in [0.3, 0.4) is 0 Å². The first-order valence-corrected chi connectivity index (χ1v) is 8.37. The molecule has 0 spiro atoms. The summed E-state index contributed by atoms with van der Waals surface area (Å²) in [6.07, 6.45) is 3.70. The maximum Gasteiger partial charge on any atom is 0.226 e. The Labute approximate surface area is 137 Å². The van der Waals surface area contributed by atoms with Gasteiger partial charge in [-0.25, -0.2) is 4.39 Å². The van der Waals surface area contributed by atoms with Gasteiger partial charge in [0.15, 0.2) is 0 Å². The van der Waals surface area contributed by atoms with Crippen molar-refractivity contribution in [1.82, 2.24) is 10.2 Å². The number of benzene rings is 1. The molecule has 0 aromatic heterocycles. The molecule has 0 radical (unpaired) electrons. The van der Waals surface area contributed by atoms with Gasteiger partial charge >= 0.3 is 0 Å². The summed E-state index contributed by atoms with van der Waals surface area (Å²) >= 11 is 0. The standard InChI is InChI=1S/C18H25FN2O2/c1-2-4-17(22)20-12-15-5-3-10-21(13-15)18(23)11-14-6-8-16(19)9-7-14/h6-9,15H,2-5,10-13H2,1H3,(H,20,22). The Morgan fingerprint density at radius 2 is 2.04 bits per heavy atom. The number of nitrogens with one attached hydrogen (secondary N) is 1. The van der Waals surface area contributed by atoms with Crippen molar-refractivity contribution < 1.29 is 14.0 Å². The monoisotopic (exact) mass is 320 g/mol. The van der Waals surface area contributed by atoms with Crippen LogP contribution >= 0.6 is 0 Å². The molecule has 1 N–H and O–H groups in total. The van der Waals surface area contributed by atoms with E-state index in [1.807, 2.05) is 11.8 Å². The highest BCUT2D eigenvalue weighted by molar-refractivity contribution is 5.79. The second-order valence-electron chi connectivity index (χ2n) is 6.21. The highest BCUT2D eigenvalue weighted by atomic mass is 19.1. The predicted octanol–water partition coefficient (Wildman–Crippen LogP) is 2.52. The van der Waals surface area contributed by atoms with E-state index >= 15 is 0 Å². The molecule has 1 aliphatic rings. The van der Waals surface area contributed by atoms with Gasteiger partial charge in [0, 0.05) is 26.1 Å². The van der Waals surface area contributed by atoms with Crippen LogP contribution < -0.4 is 5.32 Å². The minimum atomic E-state index is -0.290. The van der Waals surface area contributed by atoms with Gasteiger partial charge in [-0.1, -0.05) is 19.1 Å². The average Bonchev–Trinajstić information content (AvgIpc) is 2.55. The largest absolute Gasteiger partial charge is 0.356 e. The molecule has 2 rings (SSSR count). The molecular formula is C18H25FN2O2. The second-order valence-corrected chi connectivity index (χ2v) is 6.21. The van der Waals surface area contributed by atoms with Gasteiger partial charge in [0.25, 0.3) is 0 Å². The van der Waals surface area contributed by atoms with Crippen molar-refractivity contribution in [2.75, 3.05) is 19.6 Å². The molecule has 1 aromatic rings. The smallest absolute Gasteiger partial charge is 0.226 e. The maximum absolute atomic E-state index is 12.9. The number of hydrogen-bond acceptors (Lipinski definition) is 2. The van der Waals surface area contributed by atoms with E-state index < -0.39 is 0 Å². The molecule has 1 aromatic carbocycles. The zero-order valence-corrected chi connectivity index (χ0v) is 13.7. The Bertz CT molecular complexity index is 530. The Hall–Kier alpha value is -1.91. The summed E-state index contributed by atoms with van der Waals surface area (Å²) in [6, 6.07) is 6.06. The summed E-state index contributed by atoms with van der Waals surface area (Å²) in [7, 11) is 0. The average molecular weight is 320 g/mol. The maximum atomic E-state index is 12.9. The Morgan fingerprint density at radius 1 is 1.30 bits per heavy atom. The Morgan fingerprint density at radius 3 is 2.74 bits per heavy atom. The van der Waals surface area contributed by atoms with Crippen molar-refractivity contribution in [1.29, 1.82) is 0 Å². The van der Waals surface area contributed by atoms with Crippen molar-refractivity contribution in [3.05, 3.63) is 35.6 Å². The number of carbonyl (C=O) groups excluding carboxylic acids is 2. The van der Waals surface area contributed by atoms with E-state index in [0.717, 1.165) is 31.4 Å². The summed E-state index contributed by atoms with van der Waals surface area (Å²) < 4.78 is 12.9. The summed E-state index contributed by atoms with van der Waals surface area (Å²) in [6.45, 7) is 4.07. The van der Waals surface area contributed by atoms with Crippen molar-refractivity contribution in [3.8, 4) is 0 Å². The van der Waals surface area contributed by atoms with Crippen molar-refractivity contribution in [2.24, 2.45) is 5.92 Å². The molecule has 2 amide bonds. The van der Waals surface area contributed by atoms with Gasteiger partial charge in [0.1, 0.15) is 5.82 Å². The van der Waals surface area contributed by atoms with Crippen LogP contribution in [-0.2, 0) is 16.0 Å². The molecule has 126 valence electrons. The van der Waals surface area contributed by atoms with E-state index in [4.69, 9.17) is 0 Å². The summed E-state index contributed by atoms with van der Waals surface area (Å²) in [5, 5.41) is 2.95. The number of piperidine rings is 1. The molecular weight excluding hydrogens is 295 g/mol. The molecule has 0 bridgehead atoms. The number of likely N-dealkylation sites (tertiary alicyclic amines) is 1. The summed E-state index contributed by atoms with van der Waals surface area (Å²) in [5.74, 6) is 0.187. The lowest BCUT2D eigenvalue weighted by Crippen LogP contribution is -2.44. The Balaban J connectivity index is 1.81. The molecule has 1 heterocycles. The normalized spacial score (nSPS) is 17.8. The van der Waals surface area contributed by atoms with E-state index in [1.54, 1.807) is 12.1 Å². The fourth-order valence-corrected chi connectivity index (χ4v) is 2.92. The lowest BCUT2D eigenvalue weighted by atomic mass is 9.97. The van der Waals surface area contributed by atoms with Gasteiger partial charge in [-0.3, -0.25) is 9.59 Å². The van der Waals surface area contributed by atoms with Crippen molar-refractivity contribution >= 4 is 11.8 Å². The van der Waals surface area contributed by atoms with Crippen LogP contribution in [0.25, 0.3) is 0 Å².